The fourth-order valence-electron chi connectivity index (χ4n) is 1.65. The number of hydrogen-bond acceptors (Lipinski definition) is 2. The number of pyridine rings is 1. The molecule has 0 aliphatic heterocycles. The minimum absolute atomic E-state index is 0.00810. The Bertz CT molecular complexity index is 647. The standard InChI is InChI=1S/C13H8Cl2FNO2/c14-8-1-2-10(15)9(6-8)13-12(16)7(3-4-17-13)5-11(18)19/h1-4,6H,5H2,(H,18,19). The molecule has 2 aromatic rings. The van der Waals surface area contributed by atoms with Gasteiger partial charge in [-0.1, -0.05) is 23.2 Å². The van der Waals surface area contributed by atoms with Crippen LogP contribution in [0.15, 0.2) is 30.5 Å². The number of carboxylic acids is 1. The summed E-state index contributed by atoms with van der Waals surface area (Å²) in [6.07, 6.45) is 0.924. The largest absolute Gasteiger partial charge is 0.481 e. The van der Waals surface area contributed by atoms with Crippen LogP contribution in [0.4, 0.5) is 4.39 Å². The summed E-state index contributed by atoms with van der Waals surface area (Å²) in [6, 6.07) is 5.92. The average molecular weight is 300 g/mol. The van der Waals surface area contributed by atoms with Crippen LogP contribution in [0.1, 0.15) is 5.56 Å². The predicted octanol–water partition coefficient (Wildman–Crippen LogP) is 3.82. The molecule has 6 heteroatoms. The fourth-order valence-corrected chi connectivity index (χ4v) is 2.03. The van der Waals surface area contributed by atoms with E-state index >= 15 is 0 Å². The van der Waals surface area contributed by atoms with Gasteiger partial charge in [-0.25, -0.2) is 4.39 Å². The van der Waals surface area contributed by atoms with Crippen LogP contribution in [-0.4, -0.2) is 16.1 Å². The molecule has 0 saturated carbocycles. The third-order valence-electron chi connectivity index (χ3n) is 2.49. The Balaban J connectivity index is 2.56. The van der Waals surface area contributed by atoms with Gasteiger partial charge in [-0.05, 0) is 24.3 Å². The summed E-state index contributed by atoms with van der Waals surface area (Å²) in [7, 11) is 0. The van der Waals surface area contributed by atoms with Gasteiger partial charge in [0.1, 0.15) is 5.69 Å². The molecule has 0 amide bonds. The molecule has 98 valence electrons. The molecule has 1 N–H and O–H groups in total. The number of aliphatic carboxylic acids is 1. The minimum Gasteiger partial charge on any atom is -0.481 e. The third-order valence-corrected chi connectivity index (χ3v) is 3.06. The maximum Gasteiger partial charge on any atom is 0.307 e. The highest BCUT2D eigenvalue weighted by Crippen LogP contribution is 2.31. The lowest BCUT2D eigenvalue weighted by Gasteiger charge is -2.08. The van der Waals surface area contributed by atoms with Gasteiger partial charge in [-0.15, -0.1) is 0 Å². The predicted molar refractivity (Wildman–Crippen MR) is 71.0 cm³/mol. The molecule has 1 aromatic heterocycles. The Labute approximate surface area is 118 Å². The van der Waals surface area contributed by atoms with E-state index in [1.807, 2.05) is 0 Å². The van der Waals surface area contributed by atoms with E-state index in [9.17, 15) is 9.18 Å². The first-order valence-electron chi connectivity index (χ1n) is 5.29. The Morgan fingerprint density at radius 1 is 1.32 bits per heavy atom. The molecule has 0 atom stereocenters. The zero-order valence-corrected chi connectivity index (χ0v) is 11.0. The monoisotopic (exact) mass is 299 g/mol. The molecular formula is C13H8Cl2FNO2. The van der Waals surface area contributed by atoms with Crippen LogP contribution in [-0.2, 0) is 11.2 Å². The molecule has 0 aliphatic rings. The second kappa shape index (κ2) is 5.55. The lowest BCUT2D eigenvalue weighted by atomic mass is 10.1. The molecule has 3 nitrogen and oxygen atoms in total. The van der Waals surface area contributed by atoms with E-state index < -0.39 is 18.2 Å². The van der Waals surface area contributed by atoms with E-state index in [1.54, 1.807) is 6.07 Å². The highest BCUT2D eigenvalue weighted by Gasteiger charge is 2.16. The van der Waals surface area contributed by atoms with E-state index in [0.717, 1.165) is 0 Å². The zero-order valence-electron chi connectivity index (χ0n) is 9.53. The van der Waals surface area contributed by atoms with Crippen molar-refractivity contribution in [1.29, 1.82) is 0 Å². The van der Waals surface area contributed by atoms with E-state index in [2.05, 4.69) is 4.98 Å². The first-order valence-corrected chi connectivity index (χ1v) is 6.05. The highest BCUT2D eigenvalue weighted by molar-refractivity contribution is 6.35. The first kappa shape index (κ1) is 13.8. The summed E-state index contributed by atoms with van der Waals surface area (Å²) in [6.45, 7) is 0. The number of halogens is 3. The van der Waals surface area contributed by atoms with Gasteiger partial charge in [0.2, 0.25) is 0 Å². The van der Waals surface area contributed by atoms with Crippen molar-refractivity contribution < 1.29 is 14.3 Å². The fraction of sp³-hybridized carbons (Fsp3) is 0.0769. The van der Waals surface area contributed by atoms with Gasteiger partial charge < -0.3 is 5.11 Å². The maximum absolute atomic E-state index is 14.2. The van der Waals surface area contributed by atoms with Crippen LogP contribution in [0.2, 0.25) is 10.0 Å². The Hall–Kier alpha value is -1.65. The zero-order chi connectivity index (χ0) is 14.0. The molecular weight excluding hydrogens is 292 g/mol. The summed E-state index contributed by atoms with van der Waals surface area (Å²) in [4.78, 5) is 14.6. The van der Waals surface area contributed by atoms with Gasteiger partial charge >= 0.3 is 5.97 Å². The number of carbonyl (C=O) groups is 1. The van der Waals surface area contributed by atoms with Gasteiger partial charge in [0.25, 0.3) is 0 Å². The number of benzene rings is 1. The summed E-state index contributed by atoms with van der Waals surface area (Å²) in [5.41, 5.74) is 0.374. The molecule has 0 radical (unpaired) electrons. The maximum atomic E-state index is 14.2. The Morgan fingerprint density at radius 3 is 2.74 bits per heavy atom. The van der Waals surface area contributed by atoms with Gasteiger partial charge in [0.05, 0.1) is 11.4 Å². The summed E-state index contributed by atoms with van der Waals surface area (Å²) in [5.74, 6) is -1.82. The van der Waals surface area contributed by atoms with Crippen LogP contribution < -0.4 is 0 Å². The summed E-state index contributed by atoms with van der Waals surface area (Å²) < 4.78 is 14.2. The SMILES string of the molecule is O=C(O)Cc1ccnc(-c2cc(Cl)ccc2Cl)c1F. The third kappa shape index (κ3) is 3.03. The van der Waals surface area contributed by atoms with Crippen molar-refractivity contribution >= 4 is 29.2 Å². The van der Waals surface area contributed by atoms with Crippen LogP contribution in [0, 0.1) is 5.82 Å². The molecule has 0 spiro atoms. The van der Waals surface area contributed by atoms with Crippen molar-refractivity contribution in [3.05, 3.63) is 51.9 Å². The van der Waals surface area contributed by atoms with Gasteiger partial charge in [-0.2, -0.15) is 0 Å². The summed E-state index contributed by atoms with van der Waals surface area (Å²) in [5, 5.41) is 9.40. The normalized spacial score (nSPS) is 10.5. The molecule has 0 unspecified atom stereocenters. The molecule has 19 heavy (non-hydrogen) atoms. The van der Waals surface area contributed by atoms with Gasteiger partial charge in [-0.3, -0.25) is 9.78 Å². The first-order chi connectivity index (χ1) is 8.99. The van der Waals surface area contributed by atoms with Gasteiger partial charge in [0.15, 0.2) is 5.82 Å². The highest BCUT2D eigenvalue weighted by atomic mass is 35.5. The number of carboxylic acid groups (broad SMARTS) is 1. The van der Waals surface area contributed by atoms with Crippen molar-refractivity contribution in [2.75, 3.05) is 0 Å². The van der Waals surface area contributed by atoms with E-state index in [-0.39, 0.29) is 11.3 Å². The molecule has 1 heterocycles. The van der Waals surface area contributed by atoms with Crippen LogP contribution in [0.5, 0.6) is 0 Å². The van der Waals surface area contributed by atoms with E-state index in [0.29, 0.717) is 15.6 Å². The molecule has 2 rings (SSSR count). The van der Waals surface area contributed by atoms with Crippen molar-refractivity contribution in [3.63, 3.8) is 0 Å². The number of nitrogens with zero attached hydrogens (tertiary/aromatic N) is 1. The molecule has 1 aromatic carbocycles. The second-order valence-electron chi connectivity index (χ2n) is 3.83. The molecule has 0 aliphatic carbocycles. The van der Waals surface area contributed by atoms with Crippen molar-refractivity contribution in [1.82, 2.24) is 4.98 Å². The lowest BCUT2D eigenvalue weighted by molar-refractivity contribution is -0.136. The lowest BCUT2D eigenvalue weighted by Crippen LogP contribution is -2.04. The Kier molecular flexibility index (Phi) is 4.02. The van der Waals surface area contributed by atoms with Crippen LogP contribution in [0.25, 0.3) is 11.3 Å². The molecule has 0 fully saturated rings. The quantitative estimate of drug-likeness (QED) is 0.937. The van der Waals surface area contributed by atoms with Crippen molar-refractivity contribution in [3.8, 4) is 11.3 Å². The van der Waals surface area contributed by atoms with E-state index in [1.165, 1.54) is 24.4 Å². The van der Waals surface area contributed by atoms with Crippen molar-refractivity contribution in [2.24, 2.45) is 0 Å². The number of rotatable bonds is 3. The van der Waals surface area contributed by atoms with E-state index in [4.69, 9.17) is 28.3 Å². The number of aromatic nitrogens is 1. The molecule has 0 bridgehead atoms. The average Bonchev–Trinajstić information content (AvgIpc) is 2.35. The topological polar surface area (TPSA) is 50.2 Å². The van der Waals surface area contributed by atoms with Gasteiger partial charge in [0, 0.05) is 22.3 Å². The second-order valence-corrected chi connectivity index (χ2v) is 4.67. The minimum atomic E-state index is -1.12. The molecule has 0 saturated heterocycles. The summed E-state index contributed by atoms with van der Waals surface area (Å²) >= 11 is 11.8. The number of hydrogen-bond donors (Lipinski definition) is 1. The van der Waals surface area contributed by atoms with Crippen molar-refractivity contribution in [2.45, 2.75) is 6.42 Å². The van der Waals surface area contributed by atoms with Crippen LogP contribution >= 0.6 is 23.2 Å². The van der Waals surface area contributed by atoms with Crippen LogP contribution in [0.3, 0.4) is 0 Å². The Morgan fingerprint density at radius 2 is 2.05 bits per heavy atom. The smallest absolute Gasteiger partial charge is 0.307 e.